The van der Waals surface area contributed by atoms with Crippen LogP contribution in [0.2, 0.25) is 0 Å². The first-order valence-electron chi connectivity index (χ1n) is 7.78. The molecule has 1 heteroatoms. The SMILES string of the molecule is CCCCCCCCCCCCCCCC#P. The predicted octanol–water partition coefficient (Wildman–Crippen LogP) is 6.84. The summed E-state index contributed by atoms with van der Waals surface area (Å²) in [7, 11) is 3.98. The Morgan fingerprint density at radius 1 is 0.588 bits per heavy atom. The van der Waals surface area contributed by atoms with Gasteiger partial charge < -0.3 is 0 Å². The van der Waals surface area contributed by atoms with Crippen LogP contribution in [0.4, 0.5) is 0 Å². The fraction of sp³-hybridized carbons (Fsp3) is 0.938. The third-order valence-electron chi connectivity index (χ3n) is 3.39. The van der Waals surface area contributed by atoms with Gasteiger partial charge >= 0.3 is 85.0 Å². The summed E-state index contributed by atoms with van der Waals surface area (Å²) in [6, 6.07) is 0. The van der Waals surface area contributed by atoms with Crippen LogP contribution < -0.4 is 0 Å². The molecular formula is C16H31P. The second-order valence-corrected chi connectivity index (χ2v) is 5.47. The molecule has 0 unspecified atom stereocenters. The molecule has 0 aliphatic carbocycles. The molecule has 0 rings (SSSR count). The summed E-state index contributed by atoms with van der Waals surface area (Å²) in [5.41, 5.74) is 2.90. The second kappa shape index (κ2) is 16.2. The molecule has 0 N–H and O–H groups in total. The molecule has 0 saturated heterocycles. The Kier molecular flexibility index (Phi) is 16.4. The summed E-state index contributed by atoms with van der Waals surface area (Å²) in [5.74, 6) is 0. The van der Waals surface area contributed by atoms with Crippen molar-refractivity contribution in [1.82, 2.24) is 0 Å². The van der Waals surface area contributed by atoms with Crippen molar-refractivity contribution in [2.24, 2.45) is 0 Å². The van der Waals surface area contributed by atoms with E-state index in [1.165, 1.54) is 83.5 Å². The van der Waals surface area contributed by atoms with Crippen LogP contribution in [0.5, 0.6) is 0 Å². The number of unbranched alkanes of at least 4 members (excludes halogenated alkanes) is 13. The van der Waals surface area contributed by atoms with E-state index < -0.39 is 0 Å². The molecule has 0 fully saturated rings. The maximum absolute atomic E-state index is 3.98. The topological polar surface area (TPSA) is 0 Å². The van der Waals surface area contributed by atoms with E-state index in [2.05, 4.69) is 21.2 Å². The summed E-state index contributed by atoms with van der Waals surface area (Å²) in [6.07, 6.45) is 19.6. The van der Waals surface area contributed by atoms with Crippen LogP contribution in [0, 0.1) is 5.63 Å². The van der Waals surface area contributed by atoms with E-state index >= 15 is 0 Å². The van der Waals surface area contributed by atoms with Gasteiger partial charge in [-0.15, -0.1) is 0 Å². The van der Waals surface area contributed by atoms with E-state index in [0.717, 1.165) is 6.42 Å². The average Bonchev–Trinajstić information content (AvgIpc) is 2.35. The molecule has 0 nitrogen and oxygen atoms in total. The second-order valence-electron chi connectivity index (χ2n) is 5.15. The average molecular weight is 254 g/mol. The predicted molar refractivity (Wildman–Crippen MR) is 81.1 cm³/mol. The van der Waals surface area contributed by atoms with Crippen LogP contribution in [0.3, 0.4) is 0 Å². The molecular weight excluding hydrogens is 223 g/mol. The minimum atomic E-state index is 1.06. The van der Waals surface area contributed by atoms with E-state index in [0.29, 0.717) is 0 Å². The number of hydrogen-bond donors (Lipinski definition) is 0. The summed E-state index contributed by atoms with van der Waals surface area (Å²) in [6.45, 7) is 2.28. The monoisotopic (exact) mass is 254 g/mol. The summed E-state index contributed by atoms with van der Waals surface area (Å²) >= 11 is 0. The number of hydrogen-bond acceptors (Lipinski definition) is 0. The van der Waals surface area contributed by atoms with Gasteiger partial charge in [0.1, 0.15) is 0 Å². The van der Waals surface area contributed by atoms with Crippen molar-refractivity contribution >= 4 is 8.70 Å². The number of rotatable bonds is 13. The van der Waals surface area contributed by atoms with Gasteiger partial charge in [-0.25, -0.2) is 0 Å². The van der Waals surface area contributed by atoms with E-state index in [1.54, 1.807) is 0 Å². The minimum absolute atomic E-state index is 1.06. The van der Waals surface area contributed by atoms with Crippen LogP contribution >= 0.6 is 8.70 Å². The first-order chi connectivity index (χ1) is 8.41. The quantitative estimate of drug-likeness (QED) is 0.249. The van der Waals surface area contributed by atoms with Gasteiger partial charge in [-0.05, 0) is 0 Å². The normalized spacial score (nSPS) is 10.4. The van der Waals surface area contributed by atoms with E-state index in [-0.39, 0.29) is 0 Å². The van der Waals surface area contributed by atoms with Crippen molar-refractivity contribution in [3.8, 4) is 5.63 Å². The van der Waals surface area contributed by atoms with Crippen molar-refractivity contribution in [1.29, 1.82) is 0 Å². The molecule has 0 aromatic rings. The van der Waals surface area contributed by atoms with Crippen LogP contribution in [-0.4, -0.2) is 0 Å². The van der Waals surface area contributed by atoms with Crippen LogP contribution in [0.15, 0.2) is 0 Å². The van der Waals surface area contributed by atoms with E-state index in [4.69, 9.17) is 0 Å². The Balaban J connectivity index is 2.87. The van der Waals surface area contributed by atoms with Gasteiger partial charge in [0.2, 0.25) is 0 Å². The maximum atomic E-state index is 3.98. The third kappa shape index (κ3) is 16.2. The van der Waals surface area contributed by atoms with Gasteiger partial charge in [0.05, 0.1) is 0 Å². The molecule has 100 valence electrons. The standard InChI is InChI=1S/C16H31P/c1-2-3-4-5-6-7-8-9-10-11-12-13-14-15-16-17/h2-15H2,1H3. The van der Waals surface area contributed by atoms with Crippen molar-refractivity contribution in [3.05, 3.63) is 0 Å². The Hall–Kier alpha value is 0.210. The van der Waals surface area contributed by atoms with E-state index in [1.807, 2.05) is 0 Å². The van der Waals surface area contributed by atoms with Gasteiger partial charge in [-0.2, -0.15) is 0 Å². The molecule has 0 aliphatic rings. The molecule has 0 spiro atoms. The Morgan fingerprint density at radius 3 is 1.29 bits per heavy atom. The molecule has 0 aliphatic heterocycles. The first kappa shape index (κ1) is 17.2. The Bertz CT molecular complexity index is 169. The van der Waals surface area contributed by atoms with Crippen molar-refractivity contribution in [2.45, 2.75) is 96.8 Å². The summed E-state index contributed by atoms with van der Waals surface area (Å²) < 4.78 is 0. The van der Waals surface area contributed by atoms with Crippen LogP contribution in [0.25, 0.3) is 0 Å². The van der Waals surface area contributed by atoms with Gasteiger partial charge in [0.25, 0.3) is 0 Å². The summed E-state index contributed by atoms with van der Waals surface area (Å²) in [5, 5.41) is 0. The molecule has 0 atom stereocenters. The fourth-order valence-corrected chi connectivity index (χ4v) is 2.38. The molecule has 0 aromatic heterocycles. The molecule has 0 amide bonds. The van der Waals surface area contributed by atoms with Gasteiger partial charge in [-0.3, -0.25) is 0 Å². The molecule has 0 heterocycles. The van der Waals surface area contributed by atoms with Crippen molar-refractivity contribution in [3.63, 3.8) is 0 Å². The van der Waals surface area contributed by atoms with Crippen LogP contribution in [-0.2, 0) is 0 Å². The Labute approximate surface area is 111 Å². The van der Waals surface area contributed by atoms with Crippen LogP contribution in [0.1, 0.15) is 96.8 Å². The zero-order chi connectivity index (χ0) is 12.6. The molecule has 0 saturated carbocycles. The van der Waals surface area contributed by atoms with Gasteiger partial charge in [0, 0.05) is 0 Å². The summed E-state index contributed by atoms with van der Waals surface area (Å²) in [4.78, 5) is 0. The van der Waals surface area contributed by atoms with Crippen molar-refractivity contribution in [2.75, 3.05) is 0 Å². The van der Waals surface area contributed by atoms with Crippen molar-refractivity contribution < 1.29 is 0 Å². The molecule has 0 aromatic carbocycles. The Morgan fingerprint density at radius 2 is 0.941 bits per heavy atom. The molecule has 0 radical (unpaired) electrons. The van der Waals surface area contributed by atoms with E-state index in [9.17, 15) is 0 Å². The fourth-order valence-electron chi connectivity index (χ4n) is 2.22. The first-order valence-corrected chi connectivity index (χ1v) is 8.23. The zero-order valence-corrected chi connectivity index (χ0v) is 12.7. The van der Waals surface area contributed by atoms with Gasteiger partial charge in [0.15, 0.2) is 0 Å². The van der Waals surface area contributed by atoms with Gasteiger partial charge in [-0.1, -0.05) is 26.2 Å². The zero-order valence-electron chi connectivity index (χ0n) is 11.8. The molecule has 0 bridgehead atoms. The third-order valence-corrected chi connectivity index (χ3v) is 3.62. The molecule has 17 heavy (non-hydrogen) atoms.